The highest BCUT2D eigenvalue weighted by molar-refractivity contribution is 5.77. The van der Waals surface area contributed by atoms with Gasteiger partial charge in [-0.1, -0.05) is 37.3 Å². The van der Waals surface area contributed by atoms with Crippen molar-refractivity contribution in [2.24, 2.45) is 11.8 Å². The molecule has 0 spiro atoms. The predicted octanol–water partition coefficient (Wildman–Crippen LogP) is 1.20. The molecule has 3 nitrogen and oxygen atoms in total. The normalized spacial score (nSPS) is 12.2. The summed E-state index contributed by atoms with van der Waals surface area (Å²) < 4.78 is 0. The molecule has 0 saturated heterocycles. The summed E-state index contributed by atoms with van der Waals surface area (Å²) in [4.78, 5) is 11.4. The van der Waals surface area contributed by atoms with E-state index in [-0.39, 0.29) is 11.8 Å². The quantitative estimate of drug-likeness (QED) is 0.444. The molecule has 76 valence electrons. The van der Waals surface area contributed by atoms with Crippen molar-refractivity contribution in [2.45, 2.75) is 13.3 Å². The predicted molar refractivity (Wildman–Crippen MR) is 56.3 cm³/mol. The van der Waals surface area contributed by atoms with Crippen molar-refractivity contribution in [2.75, 3.05) is 7.05 Å². The fourth-order valence-corrected chi connectivity index (χ4v) is 1.40. The number of benzene rings is 1. The lowest BCUT2D eigenvalue weighted by atomic mass is 10.0. The summed E-state index contributed by atoms with van der Waals surface area (Å²) in [6, 6.07) is 9.93. The maximum Gasteiger partial charge on any atom is 0.239 e. The van der Waals surface area contributed by atoms with Gasteiger partial charge in [0.1, 0.15) is 0 Å². The van der Waals surface area contributed by atoms with Crippen molar-refractivity contribution in [3.05, 3.63) is 35.9 Å². The Hall–Kier alpha value is -1.35. The molecule has 0 bridgehead atoms. The molecule has 1 aromatic rings. The maximum atomic E-state index is 11.4. The number of hydrogen-bond acceptors (Lipinski definition) is 2. The fraction of sp³-hybridized carbons (Fsp3) is 0.364. The Kier molecular flexibility index (Phi) is 3.65. The number of nitrogens with two attached hydrogens (primary N) is 1. The summed E-state index contributed by atoms with van der Waals surface area (Å²) in [5, 5.41) is 1.15. The second-order valence-electron chi connectivity index (χ2n) is 3.54. The van der Waals surface area contributed by atoms with Crippen LogP contribution in [0, 0.1) is 5.92 Å². The van der Waals surface area contributed by atoms with Gasteiger partial charge in [-0.25, -0.2) is 5.84 Å². The molecule has 3 heteroatoms. The van der Waals surface area contributed by atoms with Gasteiger partial charge in [-0.15, -0.1) is 0 Å². The summed E-state index contributed by atoms with van der Waals surface area (Å²) in [7, 11) is 1.57. The average Bonchev–Trinajstić information content (AvgIpc) is 2.18. The van der Waals surface area contributed by atoms with Crippen LogP contribution < -0.4 is 5.84 Å². The van der Waals surface area contributed by atoms with E-state index >= 15 is 0 Å². The molecule has 1 aromatic carbocycles. The Balaban J connectivity index is 2.57. The van der Waals surface area contributed by atoms with E-state index in [1.165, 1.54) is 0 Å². The molecule has 1 amide bonds. The van der Waals surface area contributed by atoms with Crippen LogP contribution in [0.1, 0.15) is 12.5 Å². The summed E-state index contributed by atoms with van der Waals surface area (Å²) in [5.41, 5.74) is 1.16. The number of hydrogen-bond donors (Lipinski definition) is 1. The van der Waals surface area contributed by atoms with Crippen LogP contribution in [0.3, 0.4) is 0 Å². The summed E-state index contributed by atoms with van der Waals surface area (Å²) in [6.45, 7) is 1.89. The van der Waals surface area contributed by atoms with Gasteiger partial charge in [0.05, 0.1) is 0 Å². The van der Waals surface area contributed by atoms with Crippen LogP contribution in [-0.2, 0) is 11.2 Å². The Bertz CT molecular complexity index is 295. The molecule has 0 unspecified atom stereocenters. The molecular weight excluding hydrogens is 176 g/mol. The Morgan fingerprint density at radius 1 is 1.43 bits per heavy atom. The first-order valence-electron chi connectivity index (χ1n) is 4.67. The highest BCUT2D eigenvalue weighted by Gasteiger charge is 2.15. The topological polar surface area (TPSA) is 46.3 Å². The van der Waals surface area contributed by atoms with Crippen LogP contribution in [0.2, 0.25) is 0 Å². The van der Waals surface area contributed by atoms with Crippen molar-refractivity contribution >= 4 is 5.91 Å². The van der Waals surface area contributed by atoms with Crippen LogP contribution >= 0.6 is 0 Å². The van der Waals surface area contributed by atoms with Crippen LogP contribution in [0.15, 0.2) is 30.3 Å². The molecule has 1 rings (SSSR count). The highest BCUT2D eigenvalue weighted by Crippen LogP contribution is 2.09. The van der Waals surface area contributed by atoms with Gasteiger partial charge in [0.2, 0.25) is 5.91 Å². The average molecular weight is 192 g/mol. The molecule has 0 aromatic heterocycles. The van der Waals surface area contributed by atoms with Crippen molar-refractivity contribution in [3.63, 3.8) is 0 Å². The second kappa shape index (κ2) is 4.77. The molecule has 2 N–H and O–H groups in total. The van der Waals surface area contributed by atoms with Crippen molar-refractivity contribution in [1.82, 2.24) is 5.01 Å². The zero-order chi connectivity index (χ0) is 10.6. The molecule has 0 aliphatic rings. The molecule has 0 radical (unpaired) electrons. The van der Waals surface area contributed by atoms with Crippen LogP contribution in [-0.4, -0.2) is 18.0 Å². The van der Waals surface area contributed by atoms with Gasteiger partial charge >= 0.3 is 0 Å². The van der Waals surface area contributed by atoms with E-state index in [1.54, 1.807) is 7.05 Å². The van der Waals surface area contributed by atoms with Crippen LogP contribution in [0.25, 0.3) is 0 Å². The number of amides is 1. The zero-order valence-electron chi connectivity index (χ0n) is 8.60. The van der Waals surface area contributed by atoms with Crippen molar-refractivity contribution in [1.29, 1.82) is 0 Å². The van der Waals surface area contributed by atoms with E-state index in [0.29, 0.717) is 0 Å². The standard InChI is InChI=1S/C11H16N2O/c1-9(11(14)13(2)12)8-10-6-4-3-5-7-10/h3-7,9H,8,12H2,1-2H3/t9-/m0/s1. The second-order valence-corrected chi connectivity index (χ2v) is 3.54. The van der Waals surface area contributed by atoms with Gasteiger partial charge in [0, 0.05) is 13.0 Å². The van der Waals surface area contributed by atoms with Gasteiger partial charge in [-0.3, -0.25) is 9.80 Å². The van der Waals surface area contributed by atoms with Gasteiger partial charge in [-0.2, -0.15) is 0 Å². The lowest BCUT2D eigenvalue weighted by molar-refractivity contribution is -0.133. The number of carbonyl (C=O) groups excluding carboxylic acids is 1. The van der Waals surface area contributed by atoms with Crippen molar-refractivity contribution in [3.8, 4) is 0 Å². The third kappa shape index (κ3) is 2.85. The van der Waals surface area contributed by atoms with Gasteiger partial charge in [-0.05, 0) is 12.0 Å². The first kappa shape index (κ1) is 10.7. The number of rotatable bonds is 3. The lowest BCUT2D eigenvalue weighted by Crippen LogP contribution is -2.37. The first-order valence-corrected chi connectivity index (χ1v) is 4.67. The number of hydrazine groups is 1. The van der Waals surface area contributed by atoms with Gasteiger partial charge < -0.3 is 0 Å². The SMILES string of the molecule is C[C@@H](Cc1ccccc1)C(=O)N(C)N. The van der Waals surface area contributed by atoms with Gasteiger partial charge in [0.25, 0.3) is 0 Å². The summed E-state index contributed by atoms with van der Waals surface area (Å²) >= 11 is 0. The largest absolute Gasteiger partial charge is 0.284 e. The fourth-order valence-electron chi connectivity index (χ4n) is 1.40. The maximum absolute atomic E-state index is 11.4. The van der Waals surface area contributed by atoms with E-state index in [1.807, 2.05) is 37.3 Å². The molecule has 0 aliphatic heterocycles. The molecule has 0 saturated carbocycles. The summed E-state index contributed by atoms with van der Waals surface area (Å²) in [6.07, 6.45) is 0.737. The van der Waals surface area contributed by atoms with Crippen molar-refractivity contribution < 1.29 is 4.79 Å². The number of carbonyl (C=O) groups is 1. The Morgan fingerprint density at radius 3 is 2.50 bits per heavy atom. The minimum Gasteiger partial charge on any atom is -0.284 e. The molecule has 0 heterocycles. The molecular formula is C11H16N2O. The van der Waals surface area contributed by atoms with E-state index in [2.05, 4.69) is 0 Å². The highest BCUT2D eigenvalue weighted by atomic mass is 16.2. The third-order valence-electron chi connectivity index (χ3n) is 2.15. The molecule has 0 aliphatic carbocycles. The lowest BCUT2D eigenvalue weighted by Gasteiger charge is -2.16. The van der Waals surface area contributed by atoms with E-state index in [0.717, 1.165) is 17.0 Å². The van der Waals surface area contributed by atoms with E-state index in [9.17, 15) is 4.79 Å². The smallest absolute Gasteiger partial charge is 0.239 e. The molecule has 14 heavy (non-hydrogen) atoms. The molecule has 0 fully saturated rings. The first-order chi connectivity index (χ1) is 6.61. The van der Waals surface area contributed by atoms with E-state index < -0.39 is 0 Å². The Labute approximate surface area is 84.5 Å². The Morgan fingerprint density at radius 2 is 2.00 bits per heavy atom. The minimum absolute atomic E-state index is 0.0335. The van der Waals surface area contributed by atoms with Crippen LogP contribution in [0.4, 0.5) is 0 Å². The van der Waals surface area contributed by atoms with Gasteiger partial charge in [0.15, 0.2) is 0 Å². The van der Waals surface area contributed by atoms with Crippen LogP contribution in [0.5, 0.6) is 0 Å². The van der Waals surface area contributed by atoms with E-state index in [4.69, 9.17) is 5.84 Å². The summed E-state index contributed by atoms with van der Waals surface area (Å²) in [5.74, 6) is 5.28. The monoisotopic (exact) mass is 192 g/mol. The zero-order valence-corrected chi connectivity index (χ0v) is 8.60. The molecule has 1 atom stereocenters. The third-order valence-corrected chi connectivity index (χ3v) is 2.15. The minimum atomic E-state index is -0.0626. The number of nitrogens with zero attached hydrogens (tertiary/aromatic N) is 1.